The molecule has 2 aromatic carbocycles. The topological polar surface area (TPSA) is 108 Å². The summed E-state index contributed by atoms with van der Waals surface area (Å²) in [6, 6.07) is 12.0. The molecule has 0 spiro atoms. The molecule has 0 saturated heterocycles. The maximum Gasteiger partial charge on any atom is 0.307 e. The van der Waals surface area contributed by atoms with E-state index in [0.29, 0.717) is 11.5 Å². The van der Waals surface area contributed by atoms with Gasteiger partial charge in [0.1, 0.15) is 11.4 Å². The maximum atomic E-state index is 11.9. The van der Waals surface area contributed by atoms with E-state index in [1.807, 2.05) is 31.2 Å². The smallest absolute Gasteiger partial charge is 0.307 e. The van der Waals surface area contributed by atoms with Crippen LogP contribution in [0.5, 0.6) is 5.75 Å². The van der Waals surface area contributed by atoms with Crippen LogP contribution in [0, 0.1) is 17.0 Å². The average molecular weight is 404 g/mol. The molecule has 1 amide bonds. The van der Waals surface area contributed by atoms with Crippen LogP contribution in [-0.4, -0.2) is 36.3 Å². The fraction of sp³-hybridized carbons (Fsp3) is 0.263. The largest absolute Gasteiger partial charge is 0.496 e. The Bertz CT molecular complexity index is 854. The van der Waals surface area contributed by atoms with Crippen molar-refractivity contribution in [3.05, 3.63) is 58.1 Å². The van der Waals surface area contributed by atoms with Crippen LogP contribution in [0.1, 0.15) is 12.0 Å². The highest BCUT2D eigenvalue weighted by Gasteiger charge is 2.18. The minimum atomic E-state index is -0.659. The summed E-state index contributed by atoms with van der Waals surface area (Å²) in [5.74, 6) is -0.359. The quantitative estimate of drug-likeness (QED) is 0.294. The Hall–Kier alpha value is -3.07. The molecule has 9 heteroatoms. The zero-order valence-electron chi connectivity index (χ0n) is 15.5. The summed E-state index contributed by atoms with van der Waals surface area (Å²) >= 11 is 1.51. The molecule has 1 N–H and O–H groups in total. The summed E-state index contributed by atoms with van der Waals surface area (Å²) in [5, 5.41) is 13.5. The average Bonchev–Trinajstić information content (AvgIpc) is 2.68. The van der Waals surface area contributed by atoms with E-state index in [1.165, 1.54) is 37.1 Å². The number of carbonyl (C=O) groups is 2. The summed E-state index contributed by atoms with van der Waals surface area (Å²) in [5.41, 5.74) is 0.849. The number of aryl methyl sites for hydroxylation is 1. The van der Waals surface area contributed by atoms with Crippen LogP contribution in [0.2, 0.25) is 0 Å². The van der Waals surface area contributed by atoms with E-state index in [4.69, 9.17) is 9.47 Å². The molecule has 0 heterocycles. The van der Waals surface area contributed by atoms with Gasteiger partial charge in [-0.15, -0.1) is 11.8 Å². The van der Waals surface area contributed by atoms with Gasteiger partial charge in [0.2, 0.25) is 0 Å². The van der Waals surface area contributed by atoms with Crippen LogP contribution in [-0.2, 0) is 14.3 Å². The fourth-order valence-corrected chi connectivity index (χ4v) is 3.02. The van der Waals surface area contributed by atoms with Crippen molar-refractivity contribution in [1.29, 1.82) is 0 Å². The molecule has 8 nitrogen and oxygen atoms in total. The Morgan fingerprint density at radius 1 is 1.18 bits per heavy atom. The standard InChI is InChI=1S/C19H20N2O6S/c1-13-3-6-15(7-4-13)28-10-9-19(23)27-12-18(22)20-16-8-5-14(26-2)11-17(16)21(24)25/h3-8,11H,9-10,12H2,1-2H3,(H,20,22). The molecular formula is C19H20N2O6S. The van der Waals surface area contributed by atoms with E-state index in [0.717, 1.165) is 10.5 Å². The van der Waals surface area contributed by atoms with Crippen molar-refractivity contribution in [3.63, 3.8) is 0 Å². The monoisotopic (exact) mass is 404 g/mol. The molecule has 0 aromatic heterocycles. The van der Waals surface area contributed by atoms with Crippen LogP contribution >= 0.6 is 11.8 Å². The molecule has 2 rings (SSSR count). The van der Waals surface area contributed by atoms with E-state index < -0.39 is 23.4 Å². The predicted octanol–water partition coefficient (Wildman–Crippen LogP) is 3.58. The maximum absolute atomic E-state index is 11.9. The van der Waals surface area contributed by atoms with Gasteiger partial charge in [-0.05, 0) is 31.2 Å². The highest BCUT2D eigenvalue weighted by Crippen LogP contribution is 2.28. The van der Waals surface area contributed by atoms with Gasteiger partial charge in [0.15, 0.2) is 6.61 Å². The van der Waals surface area contributed by atoms with Gasteiger partial charge in [-0.3, -0.25) is 19.7 Å². The summed E-state index contributed by atoms with van der Waals surface area (Å²) in [4.78, 5) is 35.2. The van der Waals surface area contributed by atoms with Crippen molar-refractivity contribution in [3.8, 4) is 5.75 Å². The summed E-state index contributed by atoms with van der Waals surface area (Å²) in [6.45, 7) is 1.48. The lowest BCUT2D eigenvalue weighted by molar-refractivity contribution is -0.384. The van der Waals surface area contributed by atoms with Gasteiger partial charge in [0.25, 0.3) is 11.6 Å². The van der Waals surface area contributed by atoms with Crippen molar-refractivity contribution in [2.45, 2.75) is 18.2 Å². The Morgan fingerprint density at radius 3 is 2.54 bits per heavy atom. The highest BCUT2D eigenvalue weighted by atomic mass is 32.2. The second-order valence-corrected chi connectivity index (χ2v) is 6.93. The SMILES string of the molecule is COc1ccc(NC(=O)COC(=O)CCSc2ccc(C)cc2)c([N+](=O)[O-])c1. The minimum Gasteiger partial charge on any atom is -0.496 e. The highest BCUT2D eigenvalue weighted by molar-refractivity contribution is 7.99. The molecule has 0 saturated carbocycles. The van der Waals surface area contributed by atoms with Gasteiger partial charge in [-0.1, -0.05) is 17.7 Å². The Labute approximate surface area is 166 Å². The van der Waals surface area contributed by atoms with Gasteiger partial charge < -0.3 is 14.8 Å². The van der Waals surface area contributed by atoms with Crippen LogP contribution in [0.15, 0.2) is 47.4 Å². The molecular weight excluding hydrogens is 384 g/mol. The number of nitrogens with zero attached hydrogens (tertiary/aromatic N) is 1. The second kappa shape index (κ2) is 10.3. The van der Waals surface area contributed by atoms with Gasteiger partial charge in [-0.2, -0.15) is 0 Å². The van der Waals surface area contributed by atoms with Gasteiger partial charge in [-0.25, -0.2) is 0 Å². The predicted molar refractivity (Wildman–Crippen MR) is 106 cm³/mol. The summed E-state index contributed by atoms with van der Waals surface area (Å²) < 4.78 is 9.85. The third-order valence-electron chi connectivity index (χ3n) is 3.64. The Kier molecular flexibility index (Phi) is 7.82. The van der Waals surface area contributed by atoms with Gasteiger partial charge in [0.05, 0.1) is 24.5 Å². The number of nitrogens with one attached hydrogen (secondary N) is 1. The van der Waals surface area contributed by atoms with Crippen molar-refractivity contribution in [2.24, 2.45) is 0 Å². The van der Waals surface area contributed by atoms with E-state index in [2.05, 4.69) is 5.32 Å². The molecule has 0 unspecified atom stereocenters. The molecule has 2 aromatic rings. The van der Waals surface area contributed by atoms with Gasteiger partial charge in [0, 0.05) is 10.6 Å². The molecule has 0 atom stereocenters. The number of thioether (sulfide) groups is 1. The second-order valence-electron chi connectivity index (χ2n) is 5.76. The number of rotatable bonds is 9. The molecule has 0 fully saturated rings. The number of amides is 1. The molecule has 0 radical (unpaired) electrons. The number of carbonyl (C=O) groups excluding carboxylic acids is 2. The number of nitro benzene ring substituents is 1. The van der Waals surface area contributed by atoms with Crippen LogP contribution in [0.25, 0.3) is 0 Å². The Morgan fingerprint density at radius 2 is 1.89 bits per heavy atom. The van der Waals surface area contributed by atoms with Crippen molar-refractivity contribution < 1.29 is 24.0 Å². The number of hydrogen-bond donors (Lipinski definition) is 1. The lowest BCUT2D eigenvalue weighted by atomic mass is 10.2. The zero-order valence-corrected chi connectivity index (χ0v) is 16.3. The summed E-state index contributed by atoms with van der Waals surface area (Å²) in [6.07, 6.45) is 0.147. The van der Waals surface area contributed by atoms with Crippen LogP contribution in [0.4, 0.5) is 11.4 Å². The van der Waals surface area contributed by atoms with E-state index in [9.17, 15) is 19.7 Å². The Balaban J connectivity index is 1.78. The van der Waals surface area contributed by atoms with Crippen molar-refractivity contribution >= 4 is 35.0 Å². The number of anilines is 1. The van der Waals surface area contributed by atoms with E-state index in [1.54, 1.807) is 0 Å². The number of benzene rings is 2. The van der Waals surface area contributed by atoms with Crippen molar-refractivity contribution in [1.82, 2.24) is 0 Å². The number of hydrogen-bond acceptors (Lipinski definition) is 7. The molecule has 28 heavy (non-hydrogen) atoms. The third-order valence-corrected chi connectivity index (χ3v) is 4.65. The molecule has 148 valence electrons. The van der Waals surface area contributed by atoms with Crippen LogP contribution in [0.3, 0.4) is 0 Å². The number of nitro groups is 1. The number of esters is 1. The van der Waals surface area contributed by atoms with Gasteiger partial charge >= 0.3 is 5.97 Å². The fourth-order valence-electron chi connectivity index (χ4n) is 2.19. The molecule has 0 aliphatic rings. The van der Waals surface area contributed by atoms with E-state index in [-0.39, 0.29) is 17.8 Å². The normalized spacial score (nSPS) is 10.2. The first kappa shape index (κ1) is 21.2. The third kappa shape index (κ3) is 6.58. The minimum absolute atomic E-state index is 0.00164. The molecule has 0 aliphatic carbocycles. The first-order chi connectivity index (χ1) is 13.4. The zero-order chi connectivity index (χ0) is 20.5. The molecule has 0 aliphatic heterocycles. The van der Waals surface area contributed by atoms with E-state index >= 15 is 0 Å². The number of ether oxygens (including phenoxy) is 2. The van der Waals surface area contributed by atoms with Crippen LogP contribution < -0.4 is 10.1 Å². The molecule has 0 bridgehead atoms. The summed E-state index contributed by atoms with van der Waals surface area (Å²) in [7, 11) is 1.38. The van der Waals surface area contributed by atoms with Crippen molar-refractivity contribution in [2.75, 3.05) is 24.8 Å². The first-order valence-electron chi connectivity index (χ1n) is 8.36. The number of methoxy groups -OCH3 is 1. The first-order valence-corrected chi connectivity index (χ1v) is 9.35. The lowest BCUT2D eigenvalue weighted by Gasteiger charge is -2.08. The lowest BCUT2D eigenvalue weighted by Crippen LogP contribution is -2.21.